The number of nitrogens with one attached hydrogen (secondary N) is 2. The van der Waals surface area contributed by atoms with Gasteiger partial charge in [-0.05, 0) is 35.4 Å². The lowest BCUT2D eigenvalue weighted by atomic mass is 10.2. The summed E-state index contributed by atoms with van der Waals surface area (Å²) in [5.41, 5.74) is 1.93. The Hall–Kier alpha value is -2.60. The first-order chi connectivity index (χ1) is 13.0. The van der Waals surface area contributed by atoms with Crippen LogP contribution < -0.4 is 20.1 Å². The Morgan fingerprint density at radius 2 is 1.74 bits per heavy atom. The van der Waals surface area contributed by atoms with Crippen LogP contribution in [0.4, 0.5) is 4.39 Å². The van der Waals surface area contributed by atoms with Crippen LogP contribution in [0, 0.1) is 11.7 Å². The summed E-state index contributed by atoms with van der Waals surface area (Å²) in [4.78, 5) is 11.5. The van der Waals surface area contributed by atoms with E-state index in [4.69, 9.17) is 9.47 Å². The molecule has 1 amide bonds. The maximum atomic E-state index is 13.0. The Morgan fingerprint density at radius 3 is 2.41 bits per heavy atom. The average molecular weight is 374 g/mol. The van der Waals surface area contributed by atoms with Gasteiger partial charge in [0, 0.05) is 25.6 Å². The molecule has 2 aromatic carbocycles. The number of ether oxygens (including phenoxy) is 2. The monoisotopic (exact) mass is 374 g/mol. The highest BCUT2D eigenvalue weighted by Crippen LogP contribution is 2.28. The van der Waals surface area contributed by atoms with Crippen LogP contribution >= 0.6 is 0 Å². The third-order valence-electron chi connectivity index (χ3n) is 3.99. The van der Waals surface area contributed by atoms with E-state index in [1.165, 1.54) is 12.1 Å². The summed E-state index contributed by atoms with van der Waals surface area (Å²) in [5, 5.41) is 6.15. The molecule has 0 atom stereocenters. The van der Waals surface area contributed by atoms with Gasteiger partial charge in [0.2, 0.25) is 5.91 Å². The van der Waals surface area contributed by atoms with Gasteiger partial charge in [0.05, 0.1) is 7.11 Å². The van der Waals surface area contributed by atoms with E-state index in [2.05, 4.69) is 10.6 Å². The molecular weight excluding hydrogens is 347 g/mol. The smallest absolute Gasteiger partial charge is 0.222 e. The van der Waals surface area contributed by atoms with Gasteiger partial charge in [-0.1, -0.05) is 32.0 Å². The van der Waals surface area contributed by atoms with Crippen molar-refractivity contribution in [3.63, 3.8) is 0 Å². The zero-order valence-corrected chi connectivity index (χ0v) is 16.0. The fourth-order valence-corrected chi connectivity index (χ4v) is 2.39. The van der Waals surface area contributed by atoms with Crippen molar-refractivity contribution in [1.82, 2.24) is 10.6 Å². The van der Waals surface area contributed by atoms with Crippen LogP contribution in [0.15, 0.2) is 42.5 Å². The van der Waals surface area contributed by atoms with Crippen molar-refractivity contribution in [3.8, 4) is 11.5 Å². The van der Waals surface area contributed by atoms with E-state index in [1.54, 1.807) is 19.2 Å². The van der Waals surface area contributed by atoms with Gasteiger partial charge in [-0.2, -0.15) is 0 Å². The summed E-state index contributed by atoms with van der Waals surface area (Å²) in [6.07, 6.45) is 0. The van der Waals surface area contributed by atoms with E-state index in [1.807, 2.05) is 32.0 Å². The summed E-state index contributed by atoms with van der Waals surface area (Å²) in [6, 6.07) is 11.9. The molecule has 0 aliphatic rings. The molecule has 0 aliphatic carbocycles. The van der Waals surface area contributed by atoms with Crippen LogP contribution in [0.25, 0.3) is 0 Å². The molecule has 0 bridgehead atoms. The van der Waals surface area contributed by atoms with Gasteiger partial charge >= 0.3 is 0 Å². The lowest BCUT2D eigenvalue weighted by molar-refractivity contribution is -0.123. The topological polar surface area (TPSA) is 59.6 Å². The second kappa shape index (κ2) is 10.5. The van der Waals surface area contributed by atoms with E-state index in [-0.39, 0.29) is 17.6 Å². The highest BCUT2D eigenvalue weighted by Gasteiger charge is 2.07. The van der Waals surface area contributed by atoms with Gasteiger partial charge < -0.3 is 20.1 Å². The van der Waals surface area contributed by atoms with Crippen molar-refractivity contribution in [1.29, 1.82) is 0 Å². The predicted octanol–water partition coefficient (Wildman–Crippen LogP) is 3.28. The Kier molecular flexibility index (Phi) is 8.07. The van der Waals surface area contributed by atoms with Crippen molar-refractivity contribution in [2.45, 2.75) is 27.0 Å². The van der Waals surface area contributed by atoms with Gasteiger partial charge in [0.15, 0.2) is 11.5 Å². The number of methoxy groups -OCH3 is 1. The minimum absolute atomic E-state index is 0.00304. The van der Waals surface area contributed by atoms with Crippen molar-refractivity contribution in [2.75, 3.05) is 20.2 Å². The first-order valence-corrected chi connectivity index (χ1v) is 9.02. The number of carbonyl (C=O) groups excluding carboxylic acids is 1. The van der Waals surface area contributed by atoms with Gasteiger partial charge in [0.1, 0.15) is 12.4 Å². The molecule has 2 N–H and O–H groups in total. The first kappa shape index (κ1) is 20.7. The lowest BCUT2D eigenvalue weighted by Gasteiger charge is -2.13. The highest BCUT2D eigenvalue weighted by molar-refractivity contribution is 5.77. The van der Waals surface area contributed by atoms with E-state index >= 15 is 0 Å². The number of amides is 1. The summed E-state index contributed by atoms with van der Waals surface area (Å²) < 4.78 is 24.1. The summed E-state index contributed by atoms with van der Waals surface area (Å²) in [5.74, 6) is 1.06. The predicted molar refractivity (Wildman–Crippen MR) is 103 cm³/mol. The third kappa shape index (κ3) is 6.90. The molecule has 0 aromatic heterocycles. The summed E-state index contributed by atoms with van der Waals surface area (Å²) >= 11 is 0. The summed E-state index contributed by atoms with van der Waals surface area (Å²) in [6.45, 7) is 6.01. The maximum Gasteiger partial charge on any atom is 0.222 e. The second-order valence-corrected chi connectivity index (χ2v) is 6.52. The van der Waals surface area contributed by atoms with Crippen LogP contribution in [0.2, 0.25) is 0 Å². The number of carbonyl (C=O) groups is 1. The molecule has 0 spiro atoms. The minimum Gasteiger partial charge on any atom is -0.493 e. The van der Waals surface area contributed by atoms with Crippen molar-refractivity contribution in [2.24, 2.45) is 5.92 Å². The Labute approximate surface area is 159 Å². The Balaban J connectivity index is 1.82. The lowest BCUT2D eigenvalue weighted by Crippen LogP contribution is -2.34. The highest BCUT2D eigenvalue weighted by atomic mass is 19.1. The van der Waals surface area contributed by atoms with Crippen molar-refractivity contribution in [3.05, 3.63) is 59.4 Å². The molecule has 2 aromatic rings. The molecular formula is C21H27FN2O3. The van der Waals surface area contributed by atoms with Crippen LogP contribution in [-0.4, -0.2) is 26.1 Å². The van der Waals surface area contributed by atoms with E-state index in [9.17, 15) is 9.18 Å². The summed E-state index contributed by atoms with van der Waals surface area (Å²) in [7, 11) is 1.60. The first-order valence-electron chi connectivity index (χ1n) is 9.02. The normalized spacial score (nSPS) is 10.7. The van der Waals surface area contributed by atoms with E-state index in [0.29, 0.717) is 37.7 Å². The fourth-order valence-electron chi connectivity index (χ4n) is 2.39. The molecule has 0 saturated heterocycles. The zero-order chi connectivity index (χ0) is 19.6. The number of rotatable bonds is 10. The average Bonchev–Trinajstić information content (AvgIpc) is 2.67. The molecule has 5 nitrogen and oxygen atoms in total. The quantitative estimate of drug-likeness (QED) is 0.627. The number of benzene rings is 2. The van der Waals surface area contributed by atoms with Gasteiger partial charge in [-0.3, -0.25) is 4.79 Å². The Morgan fingerprint density at radius 1 is 1.04 bits per heavy atom. The van der Waals surface area contributed by atoms with E-state index in [0.717, 1.165) is 11.1 Å². The van der Waals surface area contributed by atoms with Crippen LogP contribution in [0.3, 0.4) is 0 Å². The van der Waals surface area contributed by atoms with Crippen LogP contribution in [-0.2, 0) is 17.9 Å². The fraction of sp³-hybridized carbons (Fsp3) is 0.381. The molecule has 0 radical (unpaired) electrons. The molecule has 0 fully saturated rings. The van der Waals surface area contributed by atoms with Crippen molar-refractivity contribution < 1.29 is 18.7 Å². The molecule has 0 aliphatic heterocycles. The number of hydrogen-bond donors (Lipinski definition) is 2. The van der Waals surface area contributed by atoms with Crippen LogP contribution in [0.1, 0.15) is 25.0 Å². The van der Waals surface area contributed by atoms with E-state index < -0.39 is 0 Å². The molecule has 27 heavy (non-hydrogen) atoms. The molecule has 6 heteroatoms. The van der Waals surface area contributed by atoms with Crippen molar-refractivity contribution >= 4 is 5.91 Å². The molecule has 0 heterocycles. The minimum atomic E-state index is -0.267. The Bertz CT molecular complexity index is 733. The standard InChI is InChI=1S/C21H27FN2O3/c1-15(2)21(25)24-11-10-23-13-17-6-9-19(20(12-17)26-3)27-14-16-4-7-18(22)8-5-16/h4-9,12,15,23H,10-11,13-14H2,1-3H3,(H,24,25). The second-order valence-electron chi connectivity index (χ2n) is 6.52. The van der Waals surface area contributed by atoms with Crippen LogP contribution in [0.5, 0.6) is 11.5 Å². The van der Waals surface area contributed by atoms with Gasteiger partial charge in [-0.15, -0.1) is 0 Å². The third-order valence-corrected chi connectivity index (χ3v) is 3.99. The molecule has 2 rings (SSSR count). The number of hydrogen-bond acceptors (Lipinski definition) is 4. The molecule has 146 valence electrons. The molecule has 0 saturated carbocycles. The van der Waals surface area contributed by atoms with Gasteiger partial charge in [0.25, 0.3) is 0 Å². The molecule has 0 unspecified atom stereocenters. The zero-order valence-electron chi connectivity index (χ0n) is 16.0. The SMILES string of the molecule is COc1cc(CNCCNC(=O)C(C)C)ccc1OCc1ccc(F)cc1. The number of halogens is 1. The largest absolute Gasteiger partial charge is 0.493 e. The van der Waals surface area contributed by atoms with Gasteiger partial charge in [-0.25, -0.2) is 4.39 Å². The maximum absolute atomic E-state index is 13.0.